The first-order chi connectivity index (χ1) is 8.13. The fourth-order valence-electron chi connectivity index (χ4n) is 1.71. The first-order valence-corrected chi connectivity index (χ1v) is 6.70. The predicted octanol–water partition coefficient (Wildman–Crippen LogP) is 1.39. The predicted molar refractivity (Wildman–Crippen MR) is 68.7 cm³/mol. The Bertz CT molecular complexity index is 229. The molecule has 0 bridgehead atoms. The average Bonchev–Trinajstić information content (AvgIpc) is 3.08. The van der Waals surface area contributed by atoms with E-state index >= 15 is 0 Å². The summed E-state index contributed by atoms with van der Waals surface area (Å²) in [5.41, 5.74) is 5.85. The van der Waals surface area contributed by atoms with E-state index in [1.165, 1.54) is 12.8 Å². The fourth-order valence-corrected chi connectivity index (χ4v) is 1.71. The third-order valence-electron chi connectivity index (χ3n) is 3.14. The molecule has 1 amide bonds. The van der Waals surface area contributed by atoms with Crippen LogP contribution in [0, 0.1) is 5.92 Å². The number of nitrogens with zero attached hydrogens (tertiary/aromatic N) is 1. The third-order valence-corrected chi connectivity index (χ3v) is 3.14. The van der Waals surface area contributed by atoms with E-state index in [-0.39, 0.29) is 11.9 Å². The number of ether oxygens (including phenoxy) is 1. The van der Waals surface area contributed by atoms with Gasteiger partial charge in [-0.25, -0.2) is 0 Å². The summed E-state index contributed by atoms with van der Waals surface area (Å²) in [6.45, 7) is 4.25. The van der Waals surface area contributed by atoms with Gasteiger partial charge in [0, 0.05) is 32.7 Å². The van der Waals surface area contributed by atoms with Gasteiger partial charge in [0.25, 0.3) is 0 Å². The van der Waals surface area contributed by atoms with Crippen LogP contribution >= 0.6 is 0 Å². The van der Waals surface area contributed by atoms with Crippen LogP contribution in [0.5, 0.6) is 0 Å². The number of nitrogens with two attached hydrogens (primary N) is 1. The van der Waals surface area contributed by atoms with Gasteiger partial charge >= 0.3 is 0 Å². The molecule has 2 N–H and O–H groups in total. The monoisotopic (exact) mass is 242 g/mol. The first-order valence-electron chi connectivity index (χ1n) is 6.70. The number of amides is 1. The van der Waals surface area contributed by atoms with E-state index in [4.69, 9.17) is 10.5 Å². The standard InChI is InChI=1S/C13H26N2O2/c1-3-4-12(14)9-13(16)15(2)7-8-17-10-11-5-6-11/h11-12H,3-10,14H2,1-2H3. The van der Waals surface area contributed by atoms with Gasteiger partial charge in [0.2, 0.25) is 5.91 Å². The number of hydrogen-bond donors (Lipinski definition) is 1. The van der Waals surface area contributed by atoms with Gasteiger partial charge in [-0.15, -0.1) is 0 Å². The van der Waals surface area contributed by atoms with E-state index in [0.29, 0.717) is 19.6 Å². The molecule has 17 heavy (non-hydrogen) atoms. The molecular formula is C13H26N2O2. The highest BCUT2D eigenvalue weighted by Gasteiger charge is 2.21. The van der Waals surface area contributed by atoms with Crippen LogP contribution in [-0.4, -0.2) is 43.7 Å². The van der Waals surface area contributed by atoms with Crippen LogP contribution in [0.25, 0.3) is 0 Å². The Hall–Kier alpha value is -0.610. The van der Waals surface area contributed by atoms with E-state index in [0.717, 1.165) is 25.4 Å². The molecule has 1 aliphatic rings. The Morgan fingerprint density at radius 2 is 2.24 bits per heavy atom. The van der Waals surface area contributed by atoms with E-state index < -0.39 is 0 Å². The molecule has 1 unspecified atom stereocenters. The summed E-state index contributed by atoms with van der Waals surface area (Å²) in [7, 11) is 1.82. The Labute approximate surface area is 104 Å². The fraction of sp³-hybridized carbons (Fsp3) is 0.923. The highest BCUT2D eigenvalue weighted by molar-refractivity contribution is 5.76. The van der Waals surface area contributed by atoms with E-state index in [2.05, 4.69) is 6.92 Å². The number of carbonyl (C=O) groups excluding carboxylic acids is 1. The molecule has 1 atom stereocenters. The van der Waals surface area contributed by atoms with Crippen molar-refractivity contribution in [3.63, 3.8) is 0 Å². The van der Waals surface area contributed by atoms with Crippen molar-refractivity contribution >= 4 is 5.91 Å². The molecular weight excluding hydrogens is 216 g/mol. The Kier molecular flexibility index (Phi) is 6.52. The normalized spacial score (nSPS) is 16.9. The van der Waals surface area contributed by atoms with Crippen molar-refractivity contribution in [3.8, 4) is 0 Å². The lowest BCUT2D eigenvalue weighted by Crippen LogP contribution is -2.35. The number of carbonyl (C=O) groups is 1. The third kappa shape index (κ3) is 6.64. The molecule has 1 saturated carbocycles. The van der Waals surface area contributed by atoms with Crippen molar-refractivity contribution in [3.05, 3.63) is 0 Å². The lowest BCUT2D eigenvalue weighted by molar-refractivity contribution is -0.131. The van der Waals surface area contributed by atoms with Crippen molar-refractivity contribution < 1.29 is 9.53 Å². The molecule has 0 saturated heterocycles. The van der Waals surface area contributed by atoms with Gasteiger partial charge in [-0.1, -0.05) is 13.3 Å². The number of rotatable bonds is 9. The van der Waals surface area contributed by atoms with Crippen LogP contribution in [0.3, 0.4) is 0 Å². The quantitative estimate of drug-likeness (QED) is 0.622. The molecule has 100 valence electrons. The van der Waals surface area contributed by atoms with Crippen LogP contribution in [0.4, 0.5) is 0 Å². The highest BCUT2D eigenvalue weighted by atomic mass is 16.5. The minimum absolute atomic E-state index is 0.00216. The van der Waals surface area contributed by atoms with Crippen molar-refractivity contribution in [1.82, 2.24) is 4.90 Å². The van der Waals surface area contributed by atoms with Crippen LogP contribution in [-0.2, 0) is 9.53 Å². The first kappa shape index (κ1) is 14.5. The minimum Gasteiger partial charge on any atom is -0.379 e. The van der Waals surface area contributed by atoms with Gasteiger partial charge in [0.15, 0.2) is 0 Å². The largest absolute Gasteiger partial charge is 0.379 e. The van der Waals surface area contributed by atoms with Gasteiger partial charge < -0.3 is 15.4 Å². The summed E-state index contributed by atoms with van der Waals surface area (Å²) in [4.78, 5) is 13.5. The van der Waals surface area contributed by atoms with Gasteiger partial charge in [0.1, 0.15) is 0 Å². The molecule has 4 heteroatoms. The molecule has 0 aliphatic heterocycles. The summed E-state index contributed by atoms with van der Waals surface area (Å²) < 4.78 is 5.51. The van der Waals surface area contributed by atoms with Gasteiger partial charge in [-0.05, 0) is 25.2 Å². The second-order valence-corrected chi connectivity index (χ2v) is 5.09. The Morgan fingerprint density at radius 1 is 1.53 bits per heavy atom. The summed E-state index contributed by atoms with van der Waals surface area (Å²) in [5, 5.41) is 0. The second-order valence-electron chi connectivity index (χ2n) is 5.09. The maximum atomic E-state index is 11.8. The zero-order valence-electron chi connectivity index (χ0n) is 11.2. The molecule has 0 spiro atoms. The van der Waals surface area contributed by atoms with Crippen LogP contribution in [0.15, 0.2) is 0 Å². The zero-order valence-corrected chi connectivity index (χ0v) is 11.2. The smallest absolute Gasteiger partial charge is 0.223 e. The SMILES string of the molecule is CCCC(N)CC(=O)N(C)CCOCC1CC1. The maximum Gasteiger partial charge on any atom is 0.223 e. The van der Waals surface area contributed by atoms with Crippen LogP contribution < -0.4 is 5.73 Å². The van der Waals surface area contributed by atoms with Crippen LogP contribution in [0.2, 0.25) is 0 Å². The Balaban J connectivity index is 2.03. The van der Waals surface area contributed by atoms with Gasteiger partial charge in [0.05, 0.1) is 6.61 Å². The lowest BCUT2D eigenvalue weighted by Gasteiger charge is -2.19. The number of hydrogen-bond acceptors (Lipinski definition) is 3. The van der Waals surface area contributed by atoms with Gasteiger partial charge in [-0.2, -0.15) is 0 Å². The van der Waals surface area contributed by atoms with Crippen molar-refractivity contribution in [1.29, 1.82) is 0 Å². The maximum absolute atomic E-state index is 11.8. The van der Waals surface area contributed by atoms with E-state index in [1.54, 1.807) is 4.90 Å². The molecule has 0 aromatic heterocycles. The molecule has 1 rings (SSSR count). The zero-order chi connectivity index (χ0) is 12.7. The van der Waals surface area contributed by atoms with Gasteiger partial charge in [-0.3, -0.25) is 4.79 Å². The average molecular weight is 242 g/mol. The molecule has 0 aromatic carbocycles. The molecule has 0 heterocycles. The summed E-state index contributed by atoms with van der Waals surface area (Å²) in [5.74, 6) is 0.912. The topological polar surface area (TPSA) is 55.6 Å². The molecule has 4 nitrogen and oxygen atoms in total. The van der Waals surface area contributed by atoms with Crippen molar-refractivity contribution in [2.45, 2.75) is 45.1 Å². The van der Waals surface area contributed by atoms with Crippen molar-refractivity contribution in [2.75, 3.05) is 26.8 Å². The minimum atomic E-state index is 0.00216. The molecule has 0 radical (unpaired) electrons. The lowest BCUT2D eigenvalue weighted by atomic mass is 10.1. The highest BCUT2D eigenvalue weighted by Crippen LogP contribution is 2.28. The van der Waals surface area contributed by atoms with E-state index in [9.17, 15) is 4.79 Å². The number of likely N-dealkylation sites (N-methyl/N-ethyl adjacent to an activating group) is 1. The molecule has 0 aromatic rings. The Morgan fingerprint density at radius 3 is 2.82 bits per heavy atom. The van der Waals surface area contributed by atoms with E-state index in [1.807, 2.05) is 7.05 Å². The van der Waals surface area contributed by atoms with Crippen LogP contribution in [0.1, 0.15) is 39.0 Å². The summed E-state index contributed by atoms with van der Waals surface area (Å²) in [6, 6.07) is 0.00216. The second kappa shape index (κ2) is 7.67. The molecule has 1 fully saturated rings. The summed E-state index contributed by atoms with van der Waals surface area (Å²) >= 11 is 0. The summed E-state index contributed by atoms with van der Waals surface area (Å²) in [6.07, 6.45) is 5.01. The van der Waals surface area contributed by atoms with Crippen molar-refractivity contribution in [2.24, 2.45) is 11.7 Å². The molecule has 1 aliphatic carbocycles.